The van der Waals surface area contributed by atoms with Gasteiger partial charge < -0.3 is 16.0 Å². The van der Waals surface area contributed by atoms with Crippen molar-refractivity contribution in [1.82, 2.24) is 10.2 Å². The Bertz CT molecular complexity index is 212. The van der Waals surface area contributed by atoms with Crippen molar-refractivity contribution in [2.45, 2.75) is 38.8 Å². The minimum Gasteiger partial charge on any atom is -0.340 e. The monoisotopic (exact) mass is 213 g/mol. The van der Waals surface area contributed by atoms with Crippen LogP contribution in [0.1, 0.15) is 26.7 Å². The molecular weight excluding hydrogens is 190 g/mol. The van der Waals surface area contributed by atoms with Gasteiger partial charge in [0.2, 0.25) is 5.91 Å². The third-order valence-electron chi connectivity index (χ3n) is 2.97. The van der Waals surface area contributed by atoms with Crippen LogP contribution in [0.15, 0.2) is 0 Å². The SMILES string of the molecule is CC(C)C[C@H](N)C(=O)N(C)C1CCNC1. The van der Waals surface area contributed by atoms with Crippen molar-refractivity contribution in [3.05, 3.63) is 0 Å². The molecule has 1 aliphatic heterocycles. The molecular formula is C11H23N3O. The van der Waals surface area contributed by atoms with Gasteiger partial charge in [0.1, 0.15) is 0 Å². The van der Waals surface area contributed by atoms with Crippen LogP contribution >= 0.6 is 0 Å². The summed E-state index contributed by atoms with van der Waals surface area (Å²) in [4.78, 5) is 13.8. The van der Waals surface area contributed by atoms with Crippen LogP contribution in [0.4, 0.5) is 0 Å². The van der Waals surface area contributed by atoms with E-state index >= 15 is 0 Å². The Morgan fingerprint density at radius 2 is 2.27 bits per heavy atom. The van der Waals surface area contributed by atoms with Gasteiger partial charge in [-0.2, -0.15) is 0 Å². The second-order valence-corrected chi connectivity index (χ2v) is 4.83. The number of hydrogen-bond donors (Lipinski definition) is 2. The number of rotatable bonds is 4. The van der Waals surface area contributed by atoms with Gasteiger partial charge in [-0.1, -0.05) is 13.8 Å². The molecule has 0 aromatic rings. The van der Waals surface area contributed by atoms with Gasteiger partial charge in [0.05, 0.1) is 6.04 Å². The molecule has 2 atom stereocenters. The van der Waals surface area contributed by atoms with E-state index in [2.05, 4.69) is 19.2 Å². The Kier molecular flexibility index (Phi) is 4.54. The Morgan fingerprint density at radius 1 is 1.60 bits per heavy atom. The Morgan fingerprint density at radius 3 is 2.73 bits per heavy atom. The molecule has 0 spiro atoms. The third kappa shape index (κ3) is 3.47. The normalized spacial score (nSPS) is 23.1. The van der Waals surface area contributed by atoms with Crippen molar-refractivity contribution < 1.29 is 4.79 Å². The van der Waals surface area contributed by atoms with Crippen LogP contribution in [-0.4, -0.2) is 43.0 Å². The molecule has 4 nitrogen and oxygen atoms in total. The summed E-state index contributed by atoms with van der Waals surface area (Å²) >= 11 is 0. The number of nitrogens with two attached hydrogens (primary N) is 1. The van der Waals surface area contributed by atoms with Gasteiger partial charge >= 0.3 is 0 Å². The smallest absolute Gasteiger partial charge is 0.239 e. The molecule has 0 aromatic carbocycles. The summed E-state index contributed by atoms with van der Waals surface area (Å²) in [7, 11) is 1.86. The first-order valence-corrected chi connectivity index (χ1v) is 5.75. The standard InChI is InChI=1S/C11H23N3O/c1-8(2)6-10(12)11(15)14(3)9-4-5-13-7-9/h8-10,13H,4-7,12H2,1-3H3/t9?,10-/m0/s1. The van der Waals surface area contributed by atoms with Crippen molar-refractivity contribution in [3.63, 3.8) is 0 Å². The fourth-order valence-electron chi connectivity index (χ4n) is 2.02. The highest BCUT2D eigenvalue weighted by atomic mass is 16.2. The van der Waals surface area contributed by atoms with E-state index in [0.29, 0.717) is 12.0 Å². The number of likely N-dealkylation sites (N-methyl/N-ethyl adjacent to an activating group) is 1. The number of amides is 1. The third-order valence-corrected chi connectivity index (χ3v) is 2.97. The summed E-state index contributed by atoms with van der Waals surface area (Å²) in [5, 5.41) is 3.25. The van der Waals surface area contributed by atoms with Crippen molar-refractivity contribution in [2.24, 2.45) is 11.7 Å². The van der Waals surface area contributed by atoms with E-state index in [4.69, 9.17) is 5.73 Å². The summed E-state index contributed by atoms with van der Waals surface area (Å²) < 4.78 is 0. The van der Waals surface area contributed by atoms with E-state index < -0.39 is 0 Å². The molecule has 1 aliphatic rings. The molecule has 0 saturated carbocycles. The largest absolute Gasteiger partial charge is 0.340 e. The molecule has 1 unspecified atom stereocenters. The van der Waals surface area contributed by atoms with Crippen molar-refractivity contribution >= 4 is 5.91 Å². The van der Waals surface area contributed by atoms with Crippen LogP contribution in [0.2, 0.25) is 0 Å². The topological polar surface area (TPSA) is 58.4 Å². The van der Waals surface area contributed by atoms with E-state index in [1.54, 1.807) is 0 Å². The molecule has 3 N–H and O–H groups in total. The Labute approximate surface area is 92.2 Å². The van der Waals surface area contributed by atoms with E-state index in [0.717, 1.165) is 25.9 Å². The van der Waals surface area contributed by atoms with Crippen LogP contribution in [0.3, 0.4) is 0 Å². The van der Waals surface area contributed by atoms with Crippen LogP contribution in [0.25, 0.3) is 0 Å². The lowest BCUT2D eigenvalue weighted by molar-refractivity contribution is -0.133. The van der Waals surface area contributed by atoms with Crippen LogP contribution in [0.5, 0.6) is 0 Å². The summed E-state index contributed by atoms with van der Waals surface area (Å²) in [6.07, 6.45) is 1.81. The Balaban J connectivity index is 2.43. The van der Waals surface area contributed by atoms with Gasteiger partial charge in [-0.15, -0.1) is 0 Å². The summed E-state index contributed by atoms with van der Waals surface area (Å²) in [6.45, 7) is 6.08. The molecule has 1 amide bonds. The van der Waals surface area contributed by atoms with Gasteiger partial charge in [0.25, 0.3) is 0 Å². The zero-order valence-electron chi connectivity index (χ0n) is 9.99. The first-order valence-electron chi connectivity index (χ1n) is 5.75. The number of carbonyl (C=O) groups excluding carboxylic acids is 1. The van der Waals surface area contributed by atoms with E-state index in [-0.39, 0.29) is 11.9 Å². The lowest BCUT2D eigenvalue weighted by Gasteiger charge is -2.27. The van der Waals surface area contributed by atoms with Gasteiger partial charge in [-0.3, -0.25) is 4.79 Å². The maximum absolute atomic E-state index is 11.9. The lowest BCUT2D eigenvalue weighted by Crippen LogP contribution is -2.47. The first kappa shape index (κ1) is 12.5. The number of hydrogen-bond acceptors (Lipinski definition) is 3. The van der Waals surface area contributed by atoms with Gasteiger partial charge in [0.15, 0.2) is 0 Å². The minimum atomic E-state index is -0.337. The molecule has 1 fully saturated rings. The van der Waals surface area contributed by atoms with E-state index in [9.17, 15) is 4.79 Å². The molecule has 0 radical (unpaired) electrons. The Hall–Kier alpha value is -0.610. The minimum absolute atomic E-state index is 0.0809. The summed E-state index contributed by atoms with van der Waals surface area (Å²) in [5.41, 5.74) is 5.88. The maximum atomic E-state index is 11.9. The molecule has 0 aliphatic carbocycles. The average Bonchev–Trinajstić information content (AvgIpc) is 2.67. The first-order chi connectivity index (χ1) is 7.02. The summed E-state index contributed by atoms with van der Waals surface area (Å²) in [5.74, 6) is 0.552. The zero-order valence-corrected chi connectivity index (χ0v) is 9.99. The van der Waals surface area contributed by atoms with Gasteiger partial charge in [-0.25, -0.2) is 0 Å². The zero-order chi connectivity index (χ0) is 11.4. The van der Waals surface area contributed by atoms with Crippen LogP contribution in [0, 0.1) is 5.92 Å². The number of nitrogens with zero attached hydrogens (tertiary/aromatic N) is 1. The number of carbonyl (C=O) groups is 1. The van der Waals surface area contributed by atoms with Crippen molar-refractivity contribution in [1.29, 1.82) is 0 Å². The second kappa shape index (κ2) is 5.47. The molecule has 1 heterocycles. The highest BCUT2D eigenvalue weighted by Gasteiger charge is 2.26. The predicted octanol–water partition coefficient (Wildman–Crippen LogP) is 0.180. The number of nitrogens with one attached hydrogen (secondary N) is 1. The van der Waals surface area contributed by atoms with Crippen molar-refractivity contribution in [2.75, 3.05) is 20.1 Å². The molecule has 4 heteroatoms. The van der Waals surface area contributed by atoms with E-state index in [1.165, 1.54) is 0 Å². The fraction of sp³-hybridized carbons (Fsp3) is 0.909. The molecule has 0 bridgehead atoms. The average molecular weight is 213 g/mol. The van der Waals surface area contributed by atoms with Crippen LogP contribution < -0.4 is 11.1 Å². The quantitative estimate of drug-likeness (QED) is 0.700. The predicted molar refractivity (Wildman–Crippen MR) is 61.5 cm³/mol. The summed E-state index contributed by atoms with van der Waals surface area (Å²) in [6, 6.07) is -0.00804. The van der Waals surface area contributed by atoms with E-state index in [1.807, 2.05) is 11.9 Å². The maximum Gasteiger partial charge on any atom is 0.239 e. The molecule has 1 saturated heterocycles. The van der Waals surface area contributed by atoms with Gasteiger partial charge in [0, 0.05) is 19.6 Å². The van der Waals surface area contributed by atoms with Crippen molar-refractivity contribution in [3.8, 4) is 0 Å². The molecule has 0 aromatic heterocycles. The molecule has 1 rings (SSSR count). The molecule has 88 valence electrons. The second-order valence-electron chi connectivity index (χ2n) is 4.83. The van der Waals surface area contributed by atoms with Gasteiger partial charge in [-0.05, 0) is 25.3 Å². The fourth-order valence-corrected chi connectivity index (χ4v) is 2.02. The molecule has 15 heavy (non-hydrogen) atoms. The van der Waals surface area contributed by atoms with Crippen LogP contribution in [-0.2, 0) is 4.79 Å². The highest BCUT2D eigenvalue weighted by molar-refractivity contribution is 5.81. The highest BCUT2D eigenvalue weighted by Crippen LogP contribution is 2.10. The lowest BCUT2D eigenvalue weighted by atomic mass is 10.0.